The van der Waals surface area contributed by atoms with Crippen molar-refractivity contribution in [3.8, 4) is 0 Å². The van der Waals surface area contributed by atoms with Gasteiger partial charge in [-0.1, -0.05) is 39.0 Å². The first kappa shape index (κ1) is 14.5. The number of carbonyl (C=O) groups is 1. The van der Waals surface area contributed by atoms with E-state index in [4.69, 9.17) is 5.11 Å². The summed E-state index contributed by atoms with van der Waals surface area (Å²) in [5.74, 6) is -0.808. The summed E-state index contributed by atoms with van der Waals surface area (Å²) in [5.41, 5.74) is -0.682. The standard InChI is InChI=1S/C13H25NO3/c1-2-3-7-11(12(15)16)14-10-13(17)8-5-4-6-9-13/h11,14,17H,2-10H2,1H3,(H,15,16). The highest BCUT2D eigenvalue weighted by molar-refractivity contribution is 5.73. The van der Waals surface area contributed by atoms with E-state index < -0.39 is 17.6 Å². The van der Waals surface area contributed by atoms with Gasteiger partial charge in [0, 0.05) is 6.54 Å². The van der Waals surface area contributed by atoms with Crippen molar-refractivity contribution in [1.29, 1.82) is 0 Å². The lowest BCUT2D eigenvalue weighted by Gasteiger charge is -2.33. The predicted octanol–water partition coefficient (Wildman–Crippen LogP) is 1.91. The Morgan fingerprint density at radius 1 is 1.35 bits per heavy atom. The van der Waals surface area contributed by atoms with Gasteiger partial charge >= 0.3 is 5.97 Å². The van der Waals surface area contributed by atoms with Crippen LogP contribution in [-0.4, -0.2) is 34.4 Å². The van der Waals surface area contributed by atoms with Crippen molar-refractivity contribution in [2.75, 3.05) is 6.54 Å². The molecule has 1 aliphatic rings. The number of rotatable bonds is 7. The summed E-state index contributed by atoms with van der Waals surface area (Å²) in [6.45, 7) is 2.46. The van der Waals surface area contributed by atoms with Crippen molar-refractivity contribution >= 4 is 5.97 Å². The molecule has 0 saturated heterocycles. The second-order valence-electron chi connectivity index (χ2n) is 5.20. The van der Waals surface area contributed by atoms with E-state index >= 15 is 0 Å². The first-order valence-electron chi connectivity index (χ1n) is 6.76. The first-order chi connectivity index (χ1) is 8.07. The van der Waals surface area contributed by atoms with Crippen LogP contribution in [0, 0.1) is 0 Å². The maximum absolute atomic E-state index is 11.0. The summed E-state index contributed by atoms with van der Waals surface area (Å²) < 4.78 is 0. The molecule has 1 rings (SSSR count). The smallest absolute Gasteiger partial charge is 0.320 e. The van der Waals surface area contributed by atoms with Crippen LogP contribution in [0.3, 0.4) is 0 Å². The summed E-state index contributed by atoms with van der Waals surface area (Å²) in [7, 11) is 0. The quantitative estimate of drug-likeness (QED) is 0.639. The molecule has 3 N–H and O–H groups in total. The maximum Gasteiger partial charge on any atom is 0.320 e. The van der Waals surface area contributed by atoms with Crippen LogP contribution >= 0.6 is 0 Å². The molecule has 1 aliphatic carbocycles. The summed E-state index contributed by atoms with van der Waals surface area (Å²) in [4.78, 5) is 11.0. The maximum atomic E-state index is 11.0. The Balaban J connectivity index is 2.36. The fraction of sp³-hybridized carbons (Fsp3) is 0.923. The third-order valence-electron chi connectivity index (χ3n) is 3.61. The van der Waals surface area contributed by atoms with E-state index in [1.54, 1.807) is 0 Å². The van der Waals surface area contributed by atoms with Crippen molar-refractivity contribution in [3.63, 3.8) is 0 Å². The van der Waals surface area contributed by atoms with E-state index in [9.17, 15) is 9.90 Å². The Kier molecular flexibility index (Phi) is 5.92. The molecule has 17 heavy (non-hydrogen) atoms. The molecule has 4 heteroatoms. The Morgan fingerprint density at radius 2 is 2.00 bits per heavy atom. The number of aliphatic carboxylic acids is 1. The van der Waals surface area contributed by atoms with Crippen LogP contribution in [0.25, 0.3) is 0 Å². The van der Waals surface area contributed by atoms with Crippen molar-refractivity contribution < 1.29 is 15.0 Å². The number of aliphatic hydroxyl groups is 1. The number of carboxylic acid groups (broad SMARTS) is 1. The number of carboxylic acids is 1. The average Bonchev–Trinajstić information content (AvgIpc) is 2.29. The molecule has 0 amide bonds. The van der Waals surface area contributed by atoms with Crippen LogP contribution in [0.5, 0.6) is 0 Å². The third kappa shape index (κ3) is 5.04. The lowest BCUT2D eigenvalue weighted by atomic mass is 9.84. The molecule has 1 atom stereocenters. The molecule has 0 spiro atoms. The van der Waals surface area contributed by atoms with Crippen molar-refractivity contribution in [2.24, 2.45) is 0 Å². The van der Waals surface area contributed by atoms with Crippen LogP contribution in [0.1, 0.15) is 58.3 Å². The van der Waals surface area contributed by atoms with Gasteiger partial charge in [0.15, 0.2) is 0 Å². The van der Waals surface area contributed by atoms with Gasteiger partial charge in [-0.2, -0.15) is 0 Å². The molecule has 1 fully saturated rings. The number of hydrogen-bond donors (Lipinski definition) is 3. The van der Waals surface area contributed by atoms with Gasteiger partial charge in [-0.15, -0.1) is 0 Å². The van der Waals surface area contributed by atoms with Crippen LogP contribution in [0.4, 0.5) is 0 Å². The van der Waals surface area contributed by atoms with Crippen LogP contribution in [0.2, 0.25) is 0 Å². The highest BCUT2D eigenvalue weighted by Crippen LogP contribution is 2.27. The van der Waals surface area contributed by atoms with Gasteiger partial charge in [-0.25, -0.2) is 0 Å². The summed E-state index contributed by atoms with van der Waals surface area (Å²) >= 11 is 0. The number of unbranched alkanes of at least 4 members (excludes halogenated alkanes) is 1. The Hall–Kier alpha value is -0.610. The van der Waals surface area contributed by atoms with Gasteiger partial charge in [0.1, 0.15) is 6.04 Å². The van der Waals surface area contributed by atoms with Crippen molar-refractivity contribution in [2.45, 2.75) is 69.9 Å². The molecule has 100 valence electrons. The van der Waals surface area contributed by atoms with E-state index in [2.05, 4.69) is 5.32 Å². The lowest BCUT2D eigenvalue weighted by Crippen LogP contribution is -2.48. The summed E-state index contributed by atoms with van der Waals surface area (Å²) in [6, 6.07) is -0.513. The SMILES string of the molecule is CCCCC(NCC1(O)CCCCC1)C(=O)O. The molecule has 0 aliphatic heterocycles. The minimum atomic E-state index is -0.808. The van der Waals surface area contributed by atoms with Crippen LogP contribution < -0.4 is 5.32 Å². The largest absolute Gasteiger partial charge is 0.480 e. The fourth-order valence-corrected chi connectivity index (χ4v) is 2.42. The van der Waals surface area contributed by atoms with E-state index in [1.165, 1.54) is 6.42 Å². The van der Waals surface area contributed by atoms with Crippen molar-refractivity contribution in [3.05, 3.63) is 0 Å². The summed E-state index contributed by atoms with van der Waals surface area (Å²) in [6.07, 6.45) is 7.40. The van der Waals surface area contributed by atoms with Gasteiger partial charge < -0.3 is 15.5 Å². The zero-order chi connectivity index (χ0) is 12.7. The van der Waals surface area contributed by atoms with E-state index in [1.807, 2.05) is 6.92 Å². The molecule has 0 bridgehead atoms. The first-order valence-corrected chi connectivity index (χ1v) is 6.76. The van der Waals surface area contributed by atoms with Crippen LogP contribution in [0.15, 0.2) is 0 Å². The Bertz CT molecular complexity index is 237. The van der Waals surface area contributed by atoms with Crippen molar-refractivity contribution in [1.82, 2.24) is 5.32 Å². The molecule has 1 unspecified atom stereocenters. The molecule has 0 radical (unpaired) electrons. The molecule has 0 aromatic heterocycles. The molecule has 0 aromatic carbocycles. The Labute approximate surface area is 103 Å². The van der Waals surface area contributed by atoms with E-state index in [0.29, 0.717) is 13.0 Å². The Morgan fingerprint density at radius 3 is 2.53 bits per heavy atom. The predicted molar refractivity (Wildman–Crippen MR) is 67.0 cm³/mol. The normalized spacial score (nSPS) is 21.1. The lowest BCUT2D eigenvalue weighted by molar-refractivity contribution is -0.140. The second kappa shape index (κ2) is 6.97. The topological polar surface area (TPSA) is 69.6 Å². The minimum absolute atomic E-state index is 0.410. The summed E-state index contributed by atoms with van der Waals surface area (Å²) in [5, 5.41) is 22.4. The van der Waals surface area contributed by atoms with Gasteiger partial charge in [0.05, 0.1) is 5.60 Å². The highest BCUT2D eigenvalue weighted by Gasteiger charge is 2.30. The average molecular weight is 243 g/mol. The molecule has 4 nitrogen and oxygen atoms in total. The van der Waals surface area contributed by atoms with Gasteiger partial charge in [-0.3, -0.25) is 4.79 Å². The molecular formula is C13H25NO3. The highest BCUT2D eigenvalue weighted by atomic mass is 16.4. The van der Waals surface area contributed by atoms with E-state index in [0.717, 1.165) is 38.5 Å². The number of nitrogens with one attached hydrogen (secondary N) is 1. The second-order valence-corrected chi connectivity index (χ2v) is 5.20. The number of hydrogen-bond acceptors (Lipinski definition) is 3. The monoisotopic (exact) mass is 243 g/mol. The molecule has 1 saturated carbocycles. The van der Waals surface area contributed by atoms with Gasteiger partial charge in [0.25, 0.3) is 0 Å². The zero-order valence-electron chi connectivity index (χ0n) is 10.7. The fourth-order valence-electron chi connectivity index (χ4n) is 2.42. The molecular weight excluding hydrogens is 218 g/mol. The van der Waals surface area contributed by atoms with Gasteiger partial charge in [-0.05, 0) is 19.3 Å². The van der Waals surface area contributed by atoms with E-state index in [-0.39, 0.29) is 0 Å². The molecule has 0 aromatic rings. The van der Waals surface area contributed by atoms with Gasteiger partial charge in [0.2, 0.25) is 0 Å². The third-order valence-corrected chi connectivity index (χ3v) is 3.61. The minimum Gasteiger partial charge on any atom is -0.480 e. The zero-order valence-corrected chi connectivity index (χ0v) is 10.7. The molecule has 0 heterocycles. The van der Waals surface area contributed by atoms with Crippen LogP contribution in [-0.2, 0) is 4.79 Å².